The first-order valence-corrected chi connectivity index (χ1v) is 10.5. The van der Waals surface area contributed by atoms with Crippen molar-refractivity contribution in [1.29, 1.82) is 0 Å². The molecule has 2 aromatic carbocycles. The zero-order chi connectivity index (χ0) is 19.6. The highest BCUT2D eigenvalue weighted by Crippen LogP contribution is 2.17. The summed E-state index contributed by atoms with van der Waals surface area (Å²) in [4.78, 5) is 6.97. The maximum atomic E-state index is 4.42. The van der Waals surface area contributed by atoms with E-state index in [0.717, 1.165) is 51.4 Å². The molecule has 1 saturated heterocycles. The van der Waals surface area contributed by atoms with E-state index in [0.29, 0.717) is 12.0 Å². The van der Waals surface area contributed by atoms with Crippen LogP contribution < -0.4 is 10.6 Å². The molecule has 1 atom stereocenters. The highest BCUT2D eigenvalue weighted by Gasteiger charge is 2.20. The molecule has 1 heterocycles. The van der Waals surface area contributed by atoms with Crippen LogP contribution in [0.25, 0.3) is 0 Å². The zero-order valence-electron chi connectivity index (χ0n) is 17.3. The molecule has 1 fully saturated rings. The Hall–Kier alpha value is -2.33. The number of aliphatic imine (C=N–C) groups is 1. The van der Waals surface area contributed by atoms with Crippen molar-refractivity contribution < 1.29 is 0 Å². The number of piperidine rings is 1. The largest absolute Gasteiger partial charge is 0.356 e. The minimum absolute atomic E-state index is 0.504. The molecule has 0 bridgehead atoms. The Kier molecular flexibility index (Phi) is 7.92. The molecule has 1 unspecified atom stereocenters. The van der Waals surface area contributed by atoms with Crippen LogP contribution in [-0.2, 0) is 6.54 Å². The maximum Gasteiger partial charge on any atom is 0.191 e. The van der Waals surface area contributed by atoms with Gasteiger partial charge in [0.15, 0.2) is 5.96 Å². The Labute approximate surface area is 170 Å². The van der Waals surface area contributed by atoms with Gasteiger partial charge in [-0.25, -0.2) is 0 Å². The molecule has 28 heavy (non-hydrogen) atoms. The molecule has 0 aromatic heterocycles. The average molecular weight is 379 g/mol. The molecular weight excluding hydrogens is 344 g/mol. The van der Waals surface area contributed by atoms with E-state index in [1.165, 1.54) is 11.1 Å². The fourth-order valence-electron chi connectivity index (χ4n) is 3.82. The second kappa shape index (κ2) is 10.9. The summed E-state index contributed by atoms with van der Waals surface area (Å²) >= 11 is 0. The molecule has 0 aliphatic carbocycles. The zero-order valence-corrected chi connectivity index (χ0v) is 17.3. The quantitative estimate of drug-likeness (QED) is 0.565. The van der Waals surface area contributed by atoms with Crippen molar-refractivity contribution >= 4 is 5.96 Å². The Morgan fingerprint density at radius 1 is 1.04 bits per heavy atom. The molecule has 3 rings (SSSR count). The number of guanidine groups is 1. The van der Waals surface area contributed by atoms with Crippen molar-refractivity contribution in [2.75, 3.05) is 26.7 Å². The summed E-state index contributed by atoms with van der Waals surface area (Å²) in [5.41, 5.74) is 2.80. The normalized spacial score (nSPS) is 17.3. The van der Waals surface area contributed by atoms with Gasteiger partial charge in [-0.3, -0.25) is 9.89 Å². The van der Waals surface area contributed by atoms with Gasteiger partial charge in [0.25, 0.3) is 0 Å². The lowest BCUT2D eigenvalue weighted by Crippen LogP contribution is -2.48. The lowest BCUT2D eigenvalue weighted by atomic mass is 9.98. The Morgan fingerprint density at radius 3 is 2.32 bits per heavy atom. The molecule has 150 valence electrons. The number of hydrogen-bond donors (Lipinski definition) is 2. The first kappa shape index (κ1) is 20.4. The summed E-state index contributed by atoms with van der Waals surface area (Å²) < 4.78 is 0. The van der Waals surface area contributed by atoms with Crippen molar-refractivity contribution in [2.45, 2.75) is 44.7 Å². The number of nitrogens with zero attached hydrogens (tertiary/aromatic N) is 2. The van der Waals surface area contributed by atoms with E-state index in [1.54, 1.807) is 0 Å². The van der Waals surface area contributed by atoms with E-state index >= 15 is 0 Å². The van der Waals surface area contributed by atoms with Crippen molar-refractivity contribution in [3.8, 4) is 0 Å². The van der Waals surface area contributed by atoms with Crippen LogP contribution in [0.2, 0.25) is 0 Å². The number of likely N-dealkylation sites (tertiary alicyclic amines) is 1. The average Bonchev–Trinajstić information content (AvgIpc) is 2.75. The maximum absolute atomic E-state index is 4.42. The smallest absolute Gasteiger partial charge is 0.191 e. The minimum atomic E-state index is 0.504. The summed E-state index contributed by atoms with van der Waals surface area (Å²) in [6, 6.07) is 22.0. The van der Waals surface area contributed by atoms with Crippen LogP contribution in [0, 0.1) is 0 Å². The summed E-state index contributed by atoms with van der Waals surface area (Å²) in [6.45, 7) is 6.54. The molecule has 0 radical (unpaired) electrons. The third kappa shape index (κ3) is 6.38. The predicted octanol–water partition coefficient (Wildman–Crippen LogP) is 4.01. The summed E-state index contributed by atoms with van der Waals surface area (Å²) in [5, 5.41) is 7.11. The van der Waals surface area contributed by atoms with E-state index in [1.807, 2.05) is 7.05 Å². The molecular formula is C24H34N4. The number of benzene rings is 2. The van der Waals surface area contributed by atoms with Crippen LogP contribution in [-0.4, -0.2) is 43.6 Å². The summed E-state index contributed by atoms with van der Waals surface area (Å²) in [7, 11) is 1.86. The third-order valence-electron chi connectivity index (χ3n) is 5.64. The van der Waals surface area contributed by atoms with E-state index in [4.69, 9.17) is 0 Å². The molecule has 2 aromatic rings. The van der Waals surface area contributed by atoms with E-state index in [-0.39, 0.29) is 0 Å². The number of hydrogen-bond acceptors (Lipinski definition) is 2. The minimum Gasteiger partial charge on any atom is -0.356 e. The van der Waals surface area contributed by atoms with E-state index in [9.17, 15) is 0 Å². The first-order valence-electron chi connectivity index (χ1n) is 10.5. The predicted molar refractivity (Wildman–Crippen MR) is 119 cm³/mol. The summed E-state index contributed by atoms with van der Waals surface area (Å²) in [6.07, 6.45) is 3.42. The van der Waals surface area contributed by atoms with Crippen molar-refractivity contribution in [3.63, 3.8) is 0 Å². The van der Waals surface area contributed by atoms with Crippen molar-refractivity contribution in [2.24, 2.45) is 4.99 Å². The molecule has 0 amide bonds. The molecule has 0 saturated carbocycles. The number of rotatable bonds is 7. The van der Waals surface area contributed by atoms with Crippen molar-refractivity contribution in [3.05, 3.63) is 71.8 Å². The van der Waals surface area contributed by atoms with Gasteiger partial charge in [-0.2, -0.15) is 0 Å². The van der Waals surface area contributed by atoms with Gasteiger partial charge in [0.1, 0.15) is 0 Å². The van der Waals surface area contributed by atoms with Crippen LogP contribution >= 0.6 is 0 Å². The topological polar surface area (TPSA) is 39.7 Å². The monoisotopic (exact) mass is 378 g/mol. The SMILES string of the molecule is CN=C(NCCC(C)c1ccccc1)NC1CCN(Cc2ccccc2)CC1. The second-order valence-electron chi connectivity index (χ2n) is 7.78. The van der Waals surface area contributed by atoms with Crippen LogP contribution in [0.4, 0.5) is 0 Å². The Balaban J connectivity index is 1.36. The van der Waals surface area contributed by atoms with Gasteiger partial charge in [-0.15, -0.1) is 0 Å². The van der Waals surface area contributed by atoms with E-state index in [2.05, 4.69) is 88.1 Å². The van der Waals surface area contributed by atoms with Gasteiger partial charge < -0.3 is 10.6 Å². The molecule has 2 N–H and O–H groups in total. The molecule has 1 aliphatic rings. The van der Waals surface area contributed by atoms with Gasteiger partial charge in [-0.1, -0.05) is 67.6 Å². The fraction of sp³-hybridized carbons (Fsp3) is 0.458. The molecule has 4 heteroatoms. The van der Waals surface area contributed by atoms with E-state index < -0.39 is 0 Å². The molecule has 0 spiro atoms. The fourth-order valence-corrected chi connectivity index (χ4v) is 3.82. The van der Waals surface area contributed by atoms with Gasteiger partial charge in [-0.05, 0) is 36.3 Å². The van der Waals surface area contributed by atoms with Gasteiger partial charge >= 0.3 is 0 Å². The van der Waals surface area contributed by atoms with Crippen LogP contribution in [0.15, 0.2) is 65.7 Å². The molecule has 1 aliphatic heterocycles. The third-order valence-corrected chi connectivity index (χ3v) is 5.64. The first-order chi connectivity index (χ1) is 13.7. The van der Waals surface area contributed by atoms with Crippen LogP contribution in [0.5, 0.6) is 0 Å². The highest BCUT2D eigenvalue weighted by atomic mass is 15.2. The number of nitrogens with one attached hydrogen (secondary N) is 2. The lowest BCUT2D eigenvalue weighted by molar-refractivity contribution is 0.198. The van der Waals surface area contributed by atoms with Crippen molar-refractivity contribution in [1.82, 2.24) is 15.5 Å². The molecule has 4 nitrogen and oxygen atoms in total. The Morgan fingerprint density at radius 2 is 1.68 bits per heavy atom. The standard InChI is InChI=1S/C24H34N4/c1-20(22-11-7-4-8-12-22)13-16-26-24(25-2)27-23-14-17-28(18-15-23)19-21-9-5-3-6-10-21/h3-12,20,23H,13-19H2,1-2H3,(H2,25,26,27). The second-order valence-corrected chi connectivity index (χ2v) is 7.78. The lowest BCUT2D eigenvalue weighted by Gasteiger charge is -2.33. The van der Waals surface area contributed by atoms with Crippen LogP contribution in [0.1, 0.15) is 43.2 Å². The Bertz CT molecular complexity index is 706. The van der Waals surface area contributed by atoms with Gasteiger partial charge in [0, 0.05) is 39.3 Å². The highest BCUT2D eigenvalue weighted by molar-refractivity contribution is 5.79. The summed E-state index contributed by atoms with van der Waals surface area (Å²) in [5.74, 6) is 1.48. The van der Waals surface area contributed by atoms with Gasteiger partial charge in [0.05, 0.1) is 0 Å². The van der Waals surface area contributed by atoms with Crippen LogP contribution in [0.3, 0.4) is 0 Å². The van der Waals surface area contributed by atoms with Gasteiger partial charge in [0.2, 0.25) is 0 Å².